The number of ether oxygens (including phenoxy) is 7. The lowest BCUT2D eigenvalue weighted by atomic mass is 10.2. The predicted octanol–water partition coefficient (Wildman–Crippen LogP) is 9.97. The molecule has 0 aliphatic carbocycles. The quantitative estimate of drug-likeness (QED) is 0.161. The molecule has 0 saturated heterocycles. The summed E-state index contributed by atoms with van der Waals surface area (Å²) in [6, 6.07) is 30.8. The minimum atomic E-state index is -0.211. The van der Waals surface area contributed by atoms with E-state index in [9.17, 15) is 33.6 Å². The van der Waals surface area contributed by atoms with E-state index in [1.165, 1.54) is 65.2 Å². The standard InChI is InChI=1S/3C7H8.7C4H8O2/c3*1-7-5-3-2-4-6-7;7*1-3-6-4(2)5/h3*2-6H,1H3;7*3H2,1-2H3. The maximum Gasteiger partial charge on any atom is 0.302 e. The molecule has 3 aromatic carbocycles. The van der Waals surface area contributed by atoms with Crippen LogP contribution < -0.4 is 0 Å². The third-order valence-corrected chi connectivity index (χ3v) is 5.25. The Balaban J connectivity index is -0.000000111. The fraction of sp³-hybridized carbons (Fsp3) is 0.490. The van der Waals surface area contributed by atoms with E-state index in [4.69, 9.17) is 0 Å². The number of aryl methyl sites for hydroxylation is 3. The fourth-order valence-corrected chi connectivity index (χ4v) is 3.03. The molecule has 0 fully saturated rings. The Hall–Kier alpha value is -6.05. The Labute approximate surface area is 379 Å². The molecule has 0 aliphatic heterocycles. The second kappa shape index (κ2) is 60.3. The van der Waals surface area contributed by atoms with Gasteiger partial charge in [-0.25, -0.2) is 0 Å². The van der Waals surface area contributed by atoms with Crippen LogP contribution >= 0.6 is 0 Å². The molecule has 0 bridgehead atoms. The van der Waals surface area contributed by atoms with E-state index in [-0.39, 0.29) is 41.8 Å². The van der Waals surface area contributed by atoms with E-state index in [0.29, 0.717) is 46.2 Å². The van der Waals surface area contributed by atoms with Crippen LogP contribution in [0.1, 0.15) is 114 Å². The molecule has 63 heavy (non-hydrogen) atoms. The molecular formula is C49H80O14. The molecule has 0 radical (unpaired) electrons. The summed E-state index contributed by atoms with van der Waals surface area (Å²) in [5, 5.41) is 0. The first kappa shape index (κ1) is 71.5. The van der Waals surface area contributed by atoms with Crippen molar-refractivity contribution in [1.29, 1.82) is 0 Å². The van der Waals surface area contributed by atoms with Gasteiger partial charge in [-0.15, -0.1) is 0 Å². The van der Waals surface area contributed by atoms with E-state index in [2.05, 4.69) is 90.3 Å². The van der Waals surface area contributed by atoms with Crippen molar-refractivity contribution in [1.82, 2.24) is 0 Å². The first-order valence-corrected chi connectivity index (χ1v) is 20.6. The maximum absolute atomic E-state index is 9.82. The van der Waals surface area contributed by atoms with E-state index < -0.39 is 0 Å². The summed E-state index contributed by atoms with van der Waals surface area (Å²) in [5.74, 6) is -1.47. The van der Waals surface area contributed by atoms with Gasteiger partial charge in [-0.2, -0.15) is 0 Å². The van der Waals surface area contributed by atoms with Gasteiger partial charge < -0.3 is 33.2 Å². The third-order valence-electron chi connectivity index (χ3n) is 5.25. The zero-order valence-electron chi connectivity index (χ0n) is 41.3. The summed E-state index contributed by atoms with van der Waals surface area (Å²) in [4.78, 5) is 68.8. The Morgan fingerprint density at radius 1 is 0.270 bits per heavy atom. The van der Waals surface area contributed by atoms with Gasteiger partial charge in [-0.05, 0) is 69.2 Å². The van der Waals surface area contributed by atoms with Crippen molar-refractivity contribution >= 4 is 41.8 Å². The van der Waals surface area contributed by atoms with Crippen molar-refractivity contribution in [2.45, 2.75) is 118 Å². The SMILES string of the molecule is CCOC(C)=O.CCOC(C)=O.CCOC(C)=O.CCOC(C)=O.CCOC(C)=O.CCOC(C)=O.CCOC(C)=O.Cc1ccccc1.Cc1ccccc1.Cc1ccccc1. The summed E-state index contributed by atoms with van der Waals surface area (Å²) in [6.45, 7) is 31.8. The number of benzene rings is 3. The number of esters is 7. The van der Waals surface area contributed by atoms with Gasteiger partial charge in [0.15, 0.2) is 0 Å². The summed E-state index contributed by atoms with van der Waals surface area (Å²) in [7, 11) is 0. The van der Waals surface area contributed by atoms with Gasteiger partial charge in [-0.1, -0.05) is 108 Å². The van der Waals surface area contributed by atoms with Gasteiger partial charge in [0.25, 0.3) is 0 Å². The smallest absolute Gasteiger partial charge is 0.302 e. The lowest BCUT2D eigenvalue weighted by molar-refractivity contribution is -0.141. The van der Waals surface area contributed by atoms with Gasteiger partial charge in [0.2, 0.25) is 0 Å². The van der Waals surface area contributed by atoms with E-state index in [1.54, 1.807) is 48.5 Å². The molecular weight excluding hydrogens is 813 g/mol. The van der Waals surface area contributed by atoms with E-state index in [0.717, 1.165) is 0 Å². The lowest BCUT2D eigenvalue weighted by Crippen LogP contribution is -1.95. The lowest BCUT2D eigenvalue weighted by Gasteiger charge is -1.89. The molecule has 14 nitrogen and oxygen atoms in total. The van der Waals surface area contributed by atoms with Crippen molar-refractivity contribution in [3.63, 3.8) is 0 Å². The minimum absolute atomic E-state index is 0.211. The van der Waals surface area contributed by atoms with Crippen LogP contribution in [0.15, 0.2) is 91.0 Å². The van der Waals surface area contributed by atoms with Gasteiger partial charge >= 0.3 is 41.8 Å². The van der Waals surface area contributed by atoms with Crippen LogP contribution in [0.2, 0.25) is 0 Å². The first-order valence-electron chi connectivity index (χ1n) is 20.6. The van der Waals surface area contributed by atoms with Crippen molar-refractivity contribution in [3.05, 3.63) is 108 Å². The normalized spacial score (nSPS) is 8.02. The number of hydrogen-bond donors (Lipinski definition) is 0. The molecule has 0 spiro atoms. The van der Waals surface area contributed by atoms with Crippen LogP contribution in [0.25, 0.3) is 0 Å². The minimum Gasteiger partial charge on any atom is -0.466 e. The van der Waals surface area contributed by atoms with E-state index in [1.807, 2.05) is 54.6 Å². The highest BCUT2D eigenvalue weighted by Crippen LogP contribution is 1.93. The van der Waals surface area contributed by atoms with Crippen molar-refractivity contribution in [3.8, 4) is 0 Å². The Kier molecular flexibility index (Phi) is 68.3. The topological polar surface area (TPSA) is 184 Å². The average Bonchev–Trinajstić information content (AvgIpc) is 3.18. The second-order valence-electron chi connectivity index (χ2n) is 11.4. The van der Waals surface area contributed by atoms with Crippen LogP contribution in [-0.4, -0.2) is 88.0 Å². The van der Waals surface area contributed by atoms with Crippen molar-refractivity contribution in [2.75, 3.05) is 46.2 Å². The average molecular weight is 893 g/mol. The second-order valence-corrected chi connectivity index (χ2v) is 11.4. The third kappa shape index (κ3) is 107. The highest BCUT2D eigenvalue weighted by Gasteiger charge is 1.85. The van der Waals surface area contributed by atoms with E-state index >= 15 is 0 Å². The molecule has 0 unspecified atom stereocenters. The Bertz CT molecular complexity index is 1220. The summed E-state index contributed by atoms with van der Waals surface area (Å²) in [5.41, 5.74) is 3.97. The molecule has 0 N–H and O–H groups in total. The van der Waals surface area contributed by atoms with Crippen LogP contribution in [0.5, 0.6) is 0 Å². The number of carbonyl (C=O) groups is 7. The molecule has 0 heterocycles. The summed E-state index contributed by atoms with van der Waals surface area (Å²) < 4.78 is 30.8. The van der Waals surface area contributed by atoms with Gasteiger partial charge in [0.05, 0.1) is 46.2 Å². The highest BCUT2D eigenvalue weighted by molar-refractivity contribution is 5.67. The van der Waals surface area contributed by atoms with Crippen LogP contribution in [0.3, 0.4) is 0 Å². The Morgan fingerprint density at radius 3 is 0.413 bits per heavy atom. The van der Waals surface area contributed by atoms with Crippen LogP contribution in [0.4, 0.5) is 0 Å². The zero-order valence-corrected chi connectivity index (χ0v) is 41.3. The molecule has 0 aliphatic rings. The fourth-order valence-electron chi connectivity index (χ4n) is 3.03. The maximum atomic E-state index is 9.82. The zero-order chi connectivity index (χ0) is 50.3. The molecule has 3 aromatic rings. The predicted molar refractivity (Wildman–Crippen MR) is 250 cm³/mol. The first-order chi connectivity index (χ1) is 29.6. The molecule has 0 atom stereocenters. The number of rotatable bonds is 7. The largest absolute Gasteiger partial charge is 0.466 e. The summed E-state index contributed by atoms with van der Waals surface area (Å²) in [6.07, 6.45) is 0. The van der Waals surface area contributed by atoms with Crippen LogP contribution in [0, 0.1) is 20.8 Å². The van der Waals surface area contributed by atoms with Gasteiger partial charge in [-0.3, -0.25) is 33.6 Å². The Morgan fingerprint density at radius 2 is 0.381 bits per heavy atom. The van der Waals surface area contributed by atoms with Crippen molar-refractivity contribution < 1.29 is 66.7 Å². The molecule has 3 rings (SSSR count). The van der Waals surface area contributed by atoms with Gasteiger partial charge in [0.1, 0.15) is 0 Å². The highest BCUT2D eigenvalue weighted by atomic mass is 16.6. The molecule has 0 aromatic heterocycles. The van der Waals surface area contributed by atoms with Crippen LogP contribution in [-0.2, 0) is 66.7 Å². The van der Waals surface area contributed by atoms with Crippen molar-refractivity contribution in [2.24, 2.45) is 0 Å². The van der Waals surface area contributed by atoms with Gasteiger partial charge in [0, 0.05) is 48.5 Å². The molecule has 14 heteroatoms. The monoisotopic (exact) mass is 893 g/mol. The number of carbonyl (C=O) groups excluding carboxylic acids is 7. The summed E-state index contributed by atoms with van der Waals surface area (Å²) >= 11 is 0. The molecule has 0 saturated carbocycles. The molecule has 0 amide bonds. The molecule has 360 valence electrons. The number of hydrogen-bond acceptors (Lipinski definition) is 14.